The molecule has 0 aliphatic carbocycles. The van der Waals surface area contributed by atoms with Gasteiger partial charge in [-0.2, -0.15) is 0 Å². The third-order valence-corrected chi connectivity index (χ3v) is 4.57. The summed E-state index contributed by atoms with van der Waals surface area (Å²) in [6, 6.07) is 12.5. The smallest absolute Gasteiger partial charge is 0.266 e. The standard InChI is InChI=1S/C15H15BrN2O4S/c1-2-22-13-8-6-11(7-9-13)15(19)17-18-23(20,21)14-5-3-4-12(16)10-14/h3-10,18H,2H2,1H3,(H,17,19). The van der Waals surface area contributed by atoms with Crippen molar-refractivity contribution in [2.75, 3.05) is 6.61 Å². The summed E-state index contributed by atoms with van der Waals surface area (Å²) in [5.41, 5.74) is 2.49. The molecule has 0 fully saturated rings. The Kier molecular flexibility index (Phi) is 5.75. The number of benzene rings is 2. The van der Waals surface area contributed by atoms with Crippen LogP contribution in [-0.2, 0) is 10.0 Å². The topological polar surface area (TPSA) is 84.5 Å². The van der Waals surface area contributed by atoms with Crippen LogP contribution in [0.15, 0.2) is 57.9 Å². The van der Waals surface area contributed by atoms with Crippen molar-refractivity contribution in [3.63, 3.8) is 0 Å². The van der Waals surface area contributed by atoms with Gasteiger partial charge in [0, 0.05) is 10.0 Å². The molecule has 0 unspecified atom stereocenters. The first-order chi connectivity index (χ1) is 10.9. The van der Waals surface area contributed by atoms with Crippen LogP contribution in [0.25, 0.3) is 0 Å². The SMILES string of the molecule is CCOc1ccc(C(=O)NNS(=O)(=O)c2cccc(Br)c2)cc1. The Labute approximate surface area is 143 Å². The summed E-state index contributed by atoms with van der Waals surface area (Å²) >= 11 is 3.20. The fraction of sp³-hybridized carbons (Fsp3) is 0.133. The average molecular weight is 399 g/mol. The van der Waals surface area contributed by atoms with Gasteiger partial charge in [0.15, 0.2) is 0 Å². The molecule has 6 nitrogen and oxygen atoms in total. The normalized spacial score (nSPS) is 11.0. The highest BCUT2D eigenvalue weighted by Gasteiger charge is 2.16. The van der Waals surface area contributed by atoms with Crippen molar-refractivity contribution in [2.24, 2.45) is 0 Å². The Bertz CT molecular complexity index is 791. The number of nitrogens with one attached hydrogen (secondary N) is 2. The van der Waals surface area contributed by atoms with Crippen LogP contribution < -0.4 is 15.0 Å². The van der Waals surface area contributed by atoms with Gasteiger partial charge in [-0.15, -0.1) is 4.83 Å². The highest BCUT2D eigenvalue weighted by atomic mass is 79.9. The van der Waals surface area contributed by atoms with E-state index in [1.54, 1.807) is 36.4 Å². The van der Waals surface area contributed by atoms with E-state index in [0.29, 0.717) is 22.4 Å². The van der Waals surface area contributed by atoms with Gasteiger partial charge < -0.3 is 4.74 Å². The lowest BCUT2D eigenvalue weighted by atomic mass is 10.2. The van der Waals surface area contributed by atoms with Crippen LogP contribution in [0.3, 0.4) is 0 Å². The molecule has 2 rings (SSSR count). The number of carbonyl (C=O) groups is 1. The van der Waals surface area contributed by atoms with Crippen molar-refractivity contribution in [2.45, 2.75) is 11.8 Å². The first-order valence-electron chi connectivity index (χ1n) is 6.73. The fourth-order valence-corrected chi connectivity index (χ4v) is 3.18. The number of hydrogen-bond donors (Lipinski definition) is 2. The molecule has 1 amide bonds. The molecule has 0 aromatic heterocycles. The summed E-state index contributed by atoms with van der Waals surface area (Å²) in [5.74, 6) is 0.0744. The minimum absolute atomic E-state index is 0.0406. The Hall–Kier alpha value is -1.90. The molecule has 8 heteroatoms. The van der Waals surface area contributed by atoms with Crippen LogP contribution in [0.1, 0.15) is 17.3 Å². The molecule has 0 spiro atoms. The summed E-state index contributed by atoms with van der Waals surface area (Å²) in [4.78, 5) is 14.1. The van der Waals surface area contributed by atoms with Gasteiger partial charge in [-0.25, -0.2) is 8.42 Å². The van der Waals surface area contributed by atoms with E-state index in [1.807, 2.05) is 6.92 Å². The zero-order valence-corrected chi connectivity index (χ0v) is 14.6. The van der Waals surface area contributed by atoms with Crippen molar-refractivity contribution < 1.29 is 17.9 Å². The largest absolute Gasteiger partial charge is 0.494 e. The minimum atomic E-state index is -3.84. The van der Waals surface area contributed by atoms with E-state index in [2.05, 4.69) is 26.2 Å². The molecule has 0 saturated carbocycles. The molecule has 2 aromatic carbocycles. The number of ether oxygens (including phenoxy) is 1. The molecule has 0 radical (unpaired) electrons. The minimum Gasteiger partial charge on any atom is -0.494 e. The van der Waals surface area contributed by atoms with Gasteiger partial charge in [0.1, 0.15) is 5.75 Å². The first-order valence-corrected chi connectivity index (χ1v) is 9.00. The Morgan fingerprint density at radius 1 is 1.17 bits per heavy atom. The predicted molar refractivity (Wildman–Crippen MR) is 89.5 cm³/mol. The van der Waals surface area contributed by atoms with Crippen molar-refractivity contribution >= 4 is 31.9 Å². The number of halogens is 1. The molecule has 23 heavy (non-hydrogen) atoms. The van der Waals surface area contributed by atoms with Crippen LogP contribution in [0.5, 0.6) is 5.75 Å². The number of hydrazine groups is 1. The number of hydrogen-bond acceptors (Lipinski definition) is 4. The molecule has 0 aliphatic rings. The lowest BCUT2D eigenvalue weighted by Crippen LogP contribution is -2.41. The Morgan fingerprint density at radius 3 is 2.48 bits per heavy atom. The maximum atomic E-state index is 12.1. The molecule has 122 valence electrons. The maximum absolute atomic E-state index is 12.1. The third-order valence-electron chi connectivity index (χ3n) is 2.83. The second kappa shape index (κ2) is 7.58. The molecule has 0 heterocycles. The number of carbonyl (C=O) groups excluding carboxylic acids is 1. The van der Waals surface area contributed by atoms with E-state index < -0.39 is 15.9 Å². The van der Waals surface area contributed by atoms with E-state index in [9.17, 15) is 13.2 Å². The molecule has 2 aromatic rings. The van der Waals surface area contributed by atoms with Gasteiger partial charge >= 0.3 is 0 Å². The summed E-state index contributed by atoms with van der Waals surface area (Å²) in [6.07, 6.45) is 0. The maximum Gasteiger partial charge on any atom is 0.266 e. The lowest BCUT2D eigenvalue weighted by Gasteiger charge is -2.09. The van der Waals surface area contributed by atoms with Gasteiger partial charge in [0.05, 0.1) is 11.5 Å². The number of sulfonamides is 1. The van der Waals surface area contributed by atoms with Crippen molar-refractivity contribution in [3.8, 4) is 5.75 Å². The molecule has 0 bridgehead atoms. The first kappa shape index (κ1) is 17.5. The van der Waals surface area contributed by atoms with Gasteiger partial charge in [0.25, 0.3) is 15.9 Å². The number of rotatable bonds is 6. The van der Waals surface area contributed by atoms with Crippen LogP contribution in [0.2, 0.25) is 0 Å². The molecule has 0 saturated heterocycles. The van der Waals surface area contributed by atoms with Gasteiger partial charge in [0.2, 0.25) is 0 Å². The molecular formula is C15H15BrN2O4S. The Balaban J connectivity index is 2.03. The van der Waals surface area contributed by atoms with Crippen LogP contribution in [0.4, 0.5) is 0 Å². The quantitative estimate of drug-likeness (QED) is 0.731. The van der Waals surface area contributed by atoms with Crippen LogP contribution in [0, 0.1) is 0 Å². The van der Waals surface area contributed by atoms with Crippen molar-refractivity contribution in [1.29, 1.82) is 0 Å². The highest BCUT2D eigenvalue weighted by molar-refractivity contribution is 9.10. The van der Waals surface area contributed by atoms with Gasteiger partial charge in [-0.1, -0.05) is 22.0 Å². The molecule has 0 aliphatic heterocycles. The fourth-order valence-electron chi connectivity index (χ4n) is 1.75. The lowest BCUT2D eigenvalue weighted by molar-refractivity contribution is 0.0945. The van der Waals surface area contributed by atoms with Crippen LogP contribution >= 0.6 is 15.9 Å². The van der Waals surface area contributed by atoms with Gasteiger partial charge in [-0.3, -0.25) is 10.2 Å². The van der Waals surface area contributed by atoms with Crippen LogP contribution in [-0.4, -0.2) is 20.9 Å². The van der Waals surface area contributed by atoms with Crippen molar-refractivity contribution in [1.82, 2.24) is 10.3 Å². The van der Waals surface area contributed by atoms with E-state index in [4.69, 9.17) is 4.74 Å². The van der Waals surface area contributed by atoms with E-state index in [1.165, 1.54) is 12.1 Å². The van der Waals surface area contributed by atoms with E-state index >= 15 is 0 Å². The van der Waals surface area contributed by atoms with Gasteiger partial charge in [-0.05, 0) is 49.4 Å². The molecule has 2 N–H and O–H groups in total. The monoisotopic (exact) mass is 398 g/mol. The average Bonchev–Trinajstić information content (AvgIpc) is 2.54. The van der Waals surface area contributed by atoms with E-state index in [-0.39, 0.29) is 4.90 Å². The zero-order valence-electron chi connectivity index (χ0n) is 12.2. The number of amides is 1. The highest BCUT2D eigenvalue weighted by Crippen LogP contribution is 2.15. The Morgan fingerprint density at radius 2 is 1.87 bits per heavy atom. The third kappa shape index (κ3) is 4.78. The summed E-state index contributed by atoms with van der Waals surface area (Å²) in [7, 11) is -3.84. The molecule has 0 atom stereocenters. The molecular weight excluding hydrogens is 384 g/mol. The second-order valence-corrected chi connectivity index (χ2v) is 7.07. The van der Waals surface area contributed by atoms with E-state index in [0.717, 1.165) is 0 Å². The van der Waals surface area contributed by atoms with Crippen molar-refractivity contribution in [3.05, 3.63) is 58.6 Å². The summed E-state index contributed by atoms with van der Waals surface area (Å²) < 4.78 is 30.1. The zero-order chi connectivity index (χ0) is 16.9. The summed E-state index contributed by atoms with van der Waals surface area (Å²) in [5, 5.41) is 0. The predicted octanol–water partition coefficient (Wildman–Crippen LogP) is 2.47. The second-order valence-electron chi connectivity index (χ2n) is 4.47. The summed E-state index contributed by atoms with van der Waals surface area (Å²) in [6.45, 7) is 2.38.